The molecule has 1 saturated carbocycles. The average molecular weight is 338 g/mol. The maximum Gasteiger partial charge on any atom is 0.313 e. The van der Waals surface area contributed by atoms with Gasteiger partial charge >= 0.3 is 6.03 Å². The first-order valence-corrected chi connectivity index (χ1v) is 8.80. The van der Waals surface area contributed by atoms with E-state index in [4.69, 9.17) is 5.73 Å². The third-order valence-corrected chi connectivity index (χ3v) is 5.43. The van der Waals surface area contributed by atoms with E-state index >= 15 is 0 Å². The number of nitrogens with two attached hydrogens (primary N) is 1. The molecule has 2 fully saturated rings. The van der Waals surface area contributed by atoms with Crippen molar-refractivity contribution < 1.29 is 9.59 Å². The fourth-order valence-electron chi connectivity index (χ4n) is 3.92. The molecular formula is C19H22N4O2. The van der Waals surface area contributed by atoms with E-state index in [1.807, 2.05) is 29.3 Å². The molecule has 0 unspecified atom stereocenters. The predicted octanol–water partition coefficient (Wildman–Crippen LogP) is 2.14. The van der Waals surface area contributed by atoms with E-state index in [2.05, 4.69) is 22.4 Å². The van der Waals surface area contributed by atoms with Crippen LogP contribution >= 0.6 is 0 Å². The van der Waals surface area contributed by atoms with Gasteiger partial charge in [-0.1, -0.05) is 18.2 Å². The number of amides is 3. The lowest BCUT2D eigenvalue weighted by Gasteiger charge is -2.35. The molecule has 4 rings (SSSR count). The molecule has 1 aromatic heterocycles. The van der Waals surface area contributed by atoms with Crippen molar-refractivity contribution in [3.8, 4) is 0 Å². The number of nitrogens with zero attached hydrogens (tertiary/aromatic N) is 2. The molecule has 1 aromatic carbocycles. The van der Waals surface area contributed by atoms with Crippen LogP contribution in [0, 0.1) is 0 Å². The van der Waals surface area contributed by atoms with Crippen LogP contribution in [-0.2, 0) is 4.79 Å². The van der Waals surface area contributed by atoms with E-state index in [1.165, 1.54) is 10.9 Å². The summed E-state index contributed by atoms with van der Waals surface area (Å²) in [5, 5.41) is 3.83. The number of aromatic nitrogens is 1. The molecule has 0 atom stereocenters. The molecule has 1 saturated heterocycles. The monoisotopic (exact) mass is 338 g/mol. The maximum absolute atomic E-state index is 12.7. The number of fused-ring (bicyclic) bond motifs is 1. The van der Waals surface area contributed by atoms with Gasteiger partial charge in [0.1, 0.15) is 5.54 Å². The zero-order valence-electron chi connectivity index (χ0n) is 14.1. The number of carbonyl (C=O) groups excluding carboxylic acids is 2. The van der Waals surface area contributed by atoms with Crippen LogP contribution in [0.15, 0.2) is 36.5 Å². The summed E-state index contributed by atoms with van der Waals surface area (Å²) in [7, 11) is 0. The minimum absolute atomic E-state index is 0.0179. The molecule has 0 spiro atoms. The number of primary amides is 1. The Labute approximate surface area is 146 Å². The van der Waals surface area contributed by atoms with E-state index in [0.29, 0.717) is 31.8 Å². The number of hydrogen-bond donors (Lipinski definition) is 2. The average Bonchev–Trinajstić information content (AvgIpc) is 3.41. The number of likely N-dealkylation sites (tertiary alicyclic amines) is 1. The smallest absolute Gasteiger partial charge is 0.313 e. The van der Waals surface area contributed by atoms with E-state index in [0.717, 1.165) is 18.4 Å². The zero-order valence-corrected chi connectivity index (χ0v) is 14.1. The van der Waals surface area contributed by atoms with Gasteiger partial charge < -0.3 is 16.0 Å². The predicted molar refractivity (Wildman–Crippen MR) is 95.0 cm³/mol. The second-order valence-electron chi connectivity index (χ2n) is 7.06. The van der Waals surface area contributed by atoms with Gasteiger partial charge in [-0.05, 0) is 49.3 Å². The number of nitrogens with one attached hydrogen (secondary N) is 1. The summed E-state index contributed by atoms with van der Waals surface area (Å²) < 4.78 is 0. The Hall–Kier alpha value is -2.63. The zero-order chi connectivity index (χ0) is 17.4. The highest BCUT2D eigenvalue weighted by Gasteiger charge is 2.53. The van der Waals surface area contributed by atoms with Crippen molar-refractivity contribution in [2.75, 3.05) is 13.1 Å². The Bertz CT molecular complexity index is 818. The van der Waals surface area contributed by atoms with Crippen molar-refractivity contribution >= 4 is 22.8 Å². The molecule has 6 nitrogen and oxygen atoms in total. The van der Waals surface area contributed by atoms with Crippen LogP contribution in [0.2, 0.25) is 0 Å². The Morgan fingerprint density at radius 3 is 2.56 bits per heavy atom. The number of hydrogen-bond acceptors (Lipinski definition) is 3. The van der Waals surface area contributed by atoms with Crippen LogP contribution in [0.4, 0.5) is 4.79 Å². The van der Waals surface area contributed by atoms with Crippen LogP contribution in [0.1, 0.15) is 37.2 Å². The van der Waals surface area contributed by atoms with E-state index < -0.39 is 11.6 Å². The van der Waals surface area contributed by atoms with E-state index in [-0.39, 0.29) is 5.91 Å². The Balaban J connectivity index is 1.46. The molecule has 6 heteroatoms. The normalized spacial score (nSPS) is 19.6. The van der Waals surface area contributed by atoms with Crippen molar-refractivity contribution in [3.05, 3.63) is 42.1 Å². The van der Waals surface area contributed by atoms with Gasteiger partial charge in [0.2, 0.25) is 5.91 Å². The van der Waals surface area contributed by atoms with Crippen LogP contribution < -0.4 is 11.1 Å². The molecule has 2 aliphatic rings. The third-order valence-electron chi connectivity index (χ3n) is 5.43. The molecule has 1 aliphatic carbocycles. The largest absolute Gasteiger partial charge is 0.352 e. The second kappa shape index (κ2) is 6.02. The van der Waals surface area contributed by atoms with Crippen LogP contribution in [0.25, 0.3) is 10.9 Å². The van der Waals surface area contributed by atoms with Crippen LogP contribution in [0.5, 0.6) is 0 Å². The molecule has 1 aliphatic heterocycles. The van der Waals surface area contributed by atoms with Crippen molar-refractivity contribution in [1.29, 1.82) is 0 Å². The van der Waals surface area contributed by atoms with Gasteiger partial charge in [0.05, 0.1) is 5.52 Å². The summed E-state index contributed by atoms with van der Waals surface area (Å²) in [5.41, 5.74) is 6.80. The van der Waals surface area contributed by atoms with Gasteiger partial charge in [0, 0.05) is 24.7 Å². The summed E-state index contributed by atoms with van der Waals surface area (Å²) in [4.78, 5) is 30.2. The lowest BCUT2D eigenvalue weighted by molar-refractivity contribution is -0.135. The molecule has 0 bridgehead atoms. The molecule has 130 valence electrons. The lowest BCUT2D eigenvalue weighted by atomic mass is 9.87. The number of pyridine rings is 1. The van der Waals surface area contributed by atoms with Gasteiger partial charge in [0.15, 0.2) is 0 Å². The summed E-state index contributed by atoms with van der Waals surface area (Å²) in [5.74, 6) is 0.445. The second-order valence-corrected chi connectivity index (χ2v) is 7.06. The highest BCUT2D eigenvalue weighted by molar-refractivity contribution is 5.93. The van der Waals surface area contributed by atoms with Crippen LogP contribution in [-0.4, -0.2) is 40.5 Å². The topological polar surface area (TPSA) is 88.3 Å². The quantitative estimate of drug-likeness (QED) is 0.899. The summed E-state index contributed by atoms with van der Waals surface area (Å²) >= 11 is 0. The van der Waals surface area contributed by atoms with Gasteiger partial charge in [-0.3, -0.25) is 9.78 Å². The fourth-order valence-corrected chi connectivity index (χ4v) is 3.92. The Morgan fingerprint density at radius 1 is 1.16 bits per heavy atom. The number of para-hydroxylation sites is 1. The van der Waals surface area contributed by atoms with Gasteiger partial charge in [-0.2, -0.15) is 0 Å². The first-order chi connectivity index (χ1) is 12.1. The number of carbonyl (C=O) groups is 2. The summed E-state index contributed by atoms with van der Waals surface area (Å²) in [6, 6.07) is 9.67. The van der Waals surface area contributed by atoms with E-state index in [1.54, 1.807) is 0 Å². The first kappa shape index (κ1) is 15.9. The van der Waals surface area contributed by atoms with Crippen molar-refractivity contribution in [1.82, 2.24) is 15.2 Å². The fraction of sp³-hybridized carbons (Fsp3) is 0.421. The van der Waals surface area contributed by atoms with Crippen molar-refractivity contribution in [2.45, 2.75) is 37.1 Å². The minimum Gasteiger partial charge on any atom is -0.352 e. The molecule has 3 N–H and O–H groups in total. The highest BCUT2D eigenvalue weighted by Crippen LogP contribution is 2.39. The number of piperidine rings is 1. The SMILES string of the molecule is NC(=O)NC1(C(=O)N2CCC(c3ccnc4ccccc34)CC2)CC1. The third kappa shape index (κ3) is 2.92. The first-order valence-electron chi connectivity index (χ1n) is 8.80. The summed E-state index contributed by atoms with van der Waals surface area (Å²) in [6.45, 7) is 1.42. The maximum atomic E-state index is 12.7. The van der Waals surface area contributed by atoms with Crippen molar-refractivity contribution in [2.24, 2.45) is 5.73 Å². The lowest BCUT2D eigenvalue weighted by Crippen LogP contribution is -2.53. The number of urea groups is 1. The van der Waals surface area contributed by atoms with Gasteiger partial charge in [0.25, 0.3) is 0 Å². The molecule has 25 heavy (non-hydrogen) atoms. The molecule has 2 aromatic rings. The van der Waals surface area contributed by atoms with Crippen molar-refractivity contribution in [3.63, 3.8) is 0 Å². The van der Waals surface area contributed by atoms with Crippen LogP contribution in [0.3, 0.4) is 0 Å². The molecule has 3 amide bonds. The number of rotatable bonds is 3. The van der Waals surface area contributed by atoms with E-state index in [9.17, 15) is 9.59 Å². The standard InChI is InChI=1S/C19H22N4O2/c20-18(25)22-19(8-9-19)17(24)23-11-6-13(7-12-23)14-5-10-21-16-4-2-1-3-15(14)16/h1-5,10,13H,6-9,11-12H2,(H3,20,22,25). The molecule has 0 radical (unpaired) electrons. The van der Waals surface area contributed by atoms with Gasteiger partial charge in [-0.25, -0.2) is 4.79 Å². The van der Waals surface area contributed by atoms with Gasteiger partial charge in [-0.15, -0.1) is 0 Å². The number of benzene rings is 1. The summed E-state index contributed by atoms with van der Waals surface area (Å²) in [6.07, 6.45) is 5.08. The highest BCUT2D eigenvalue weighted by atomic mass is 16.2. The molecular weight excluding hydrogens is 316 g/mol. The Morgan fingerprint density at radius 2 is 1.88 bits per heavy atom. The molecule has 2 heterocycles. The minimum atomic E-state index is -0.734. The Kier molecular flexibility index (Phi) is 3.82.